The molecule has 0 saturated heterocycles. The Hall–Kier alpha value is -2.75. The normalized spacial score (nSPS) is 10.7. The molecule has 0 unspecified atom stereocenters. The lowest BCUT2D eigenvalue weighted by Crippen LogP contribution is -2.37. The summed E-state index contributed by atoms with van der Waals surface area (Å²) >= 11 is 0. The fraction of sp³-hybridized carbons (Fsp3) is 0.250. The molecule has 3 rings (SSSR count). The Kier molecular flexibility index (Phi) is 5.16. The first-order chi connectivity index (χ1) is 11.7. The summed E-state index contributed by atoms with van der Waals surface area (Å²) in [4.78, 5) is 15.1. The van der Waals surface area contributed by atoms with Gasteiger partial charge in [-0.1, -0.05) is 48.0 Å². The molecule has 124 valence electrons. The lowest BCUT2D eigenvalue weighted by atomic mass is 10.1. The van der Waals surface area contributed by atoms with Crippen LogP contribution in [0, 0.1) is 6.92 Å². The zero-order valence-electron chi connectivity index (χ0n) is 13.9. The maximum absolute atomic E-state index is 11.8. The van der Waals surface area contributed by atoms with Gasteiger partial charge >= 0.3 is 6.03 Å². The monoisotopic (exact) mass is 321 g/mol. The van der Waals surface area contributed by atoms with Crippen molar-refractivity contribution in [3.05, 3.63) is 71.4 Å². The average Bonchev–Trinajstić information content (AvgIpc) is 3.00. The lowest BCUT2D eigenvalue weighted by molar-refractivity contribution is 0.241. The second-order valence-corrected chi connectivity index (χ2v) is 6.03. The number of H-pyrrole nitrogens is 1. The first-order valence-electron chi connectivity index (χ1n) is 8.34. The lowest BCUT2D eigenvalue weighted by Gasteiger charge is -2.07. The van der Waals surface area contributed by atoms with Crippen LogP contribution in [0.25, 0.3) is 10.9 Å². The molecule has 4 nitrogen and oxygen atoms in total. The summed E-state index contributed by atoms with van der Waals surface area (Å²) in [7, 11) is 0. The Labute approximate surface area is 142 Å². The van der Waals surface area contributed by atoms with Crippen molar-refractivity contribution in [1.29, 1.82) is 0 Å². The van der Waals surface area contributed by atoms with Crippen molar-refractivity contribution in [3.8, 4) is 0 Å². The van der Waals surface area contributed by atoms with Crippen molar-refractivity contribution < 1.29 is 4.79 Å². The van der Waals surface area contributed by atoms with Crippen molar-refractivity contribution in [2.24, 2.45) is 0 Å². The third kappa shape index (κ3) is 4.16. The number of para-hydroxylation sites is 1. The second-order valence-electron chi connectivity index (χ2n) is 6.03. The van der Waals surface area contributed by atoms with Gasteiger partial charge in [0, 0.05) is 30.2 Å². The summed E-state index contributed by atoms with van der Waals surface area (Å²) in [5, 5.41) is 7.04. The van der Waals surface area contributed by atoms with E-state index in [0.717, 1.165) is 18.4 Å². The van der Waals surface area contributed by atoms with Gasteiger partial charge in [0.2, 0.25) is 0 Å². The Bertz CT molecular complexity index is 805. The van der Waals surface area contributed by atoms with Crippen molar-refractivity contribution in [2.75, 3.05) is 13.1 Å². The number of carbonyl (C=O) groups is 1. The van der Waals surface area contributed by atoms with Crippen LogP contribution in [0.15, 0.2) is 54.7 Å². The topological polar surface area (TPSA) is 56.9 Å². The van der Waals surface area contributed by atoms with E-state index in [9.17, 15) is 4.79 Å². The number of rotatable bonds is 6. The highest BCUT2D eigenvalue weighted by Crippen LogP contribution is 2.17. The van der Waals surface area contributed by atoms with E-state index >= 15 is 0 Å². The van der Waals surface area contributed by atoms with E-state index in [1.807, 2.05) is 18.3 Å². The molecule has 2 amide bonds. The van der Waals surface area contributed by atoms with Gasteiger partial charge in [-0.15, -0.1) is 0 Å². The molecule has 1 heterocycles. The largest absolute Gasteiger partial charge is 0.361 e. The Morgan fingerprint density at radius 1 is 0.958 bits per heavy atom. The summed E-state index contributed by atoms with van der Waals surface area (Å²) in [6.45, 7) is 3.34. The van der Waals surface area contributed by atoms with Gasteiger partial charge < -0.3 is 15.6 Å². The number of hydrogen-bond acceptors (Lipinski definition) is 1. The van der Waals surface area contributed by atoms with Crippen molar-refractivity contribution in [3.63, 3.8) is 0 Å². The Morgan fingerprint density at radius 3 is 2.46 bits per heavy atom. The number of amides is 2. The summed E-state index contributed by atoms with van der Waals surface area (Å²) in [6, 6.07) is 16.5. The van der Waals surface area contributed by atoms with Crippen LogP contribution in [-0.4, -0.2) is 24.1 Å². The standard InChI is InChI=1S/C20H23N3O/c1-15-6-8-16(9-7-15)10-12-21-20(24)22-13-11-17-14-23-19-5-3-2-4-18(17)19/h2-9,14,23H,10-13H2,1H3,(H2,21,22,24). The van der Waals surface area contributed by atoms with Gasteiger partial charge in [0.1, 0.15) is 0 Å². The molecule has 0 fully saturated rings. The Balaban J connectivity index is 1.39. The highest BCUT2D eigenvalue weighted by atomic mass is 16.2. The maximum Gasteiger partial charge on any atom is 0.314 e. The van der Waals surface area contributed by atoms with E-state index in [1.165, 1.54) is 22.1 Å². The third-order valence-electron chi connectivity index (χ3n) is 4.17. The molecule has 0 aliphatic carbocycles. The summed E-state index contributed by atoms with van der Waals surface area (Å²) < 4.78 is 0. The molecule has 0 spiro atoms. The van der Waals surface area contributed by atoms with Crippen LogP contribution in [0.4, 0.5) is 4.79 Å². The highest BCUT2D eigenvalue weighted by molar-refractivity contribution is 5.83. The van der Waals surface area contributed by atoms with E-state index in [2.05, 4.69) is 58.9 Å². The van der Waals surface area contributed by atoms with E-state index < -0.39 is 0 Å². The smallest absolute Gasteiger partial charge is 0.314 e. The van der Waals surface area contributed by atoms with Crippen LogP contribution in [-0.2, 0) is 12.8 Å². The highest BCUT2D eigenvalue weighted by Gasteiger charge is 2.04. The fourth-order valence-corrected chi connectivity index (χ4v) is 2.79. The maximum atomic E-state index is 11.8. The molecule has 0 aliphatic rings. The van der Waals surface area contributed by atoms with Gasteiger partial charge in [0.15, 0.2) is 0 Å². The van der Waals surface area contributed by atoms with Gasteiger partial charge in [-0.2, -0.15) is 0 Å². The number of hydrogen-bond donors (Lipinski definition) is 3. The SMILES string of the molecule is Cc1ccc(CCNC(=O)NCCc2c[nH]c3ccccc23)cc1. The second kappa shape index (κ2) is 7.68. The first kappa shape index (κ1) is 16.1. The van der Waals surface area contributed by atoms with Crippen LogP contribution in [0.2, 0.25) is 0 Å². The average molecular weight is 321 g/mol. The van der Waals surface area contributed by atoms with Gasteiger partial charge in [-0.25, -0.2) is 4.79 Å². The number of urea groups is 1. The zero-order chi connectivity index (χ0) is 16.8. The zero-order valence-corrected chi connectivity index (χ0v) is 13.9. The minimum absolute atomic E-state index is 0.109. The van der Waals surface area contributed by atoms with Crippen LogP contribution >= 0.6 is 0 Å². The molecule has 0 radical (unpaired) electrons. The molecule has 4 heteroatoms. The summed E-state index contributed by atoms with van der Waals surface area (Å²) in [6.07, 6.45) is 3.67. The van der Waals surface area contributed by atoms with E-state index in [-0.39, 0.29) is 6.03 Å². The minimum Gasteiger partial charge on any atom is -0.361 e. The van der Waals surface area contributed by atoms with Gasteiger partial charge in [-0.3, -0.25) is 0 Å². The molecule has 3 N–H and O–H groups in total. The van der Waals surface area contributed by atoms with Gasteiger partial charge in [0.25, 0.3) is 0 Å². The predicted octanol–water partition coefficient (Wildman–Crippen LogP) is 3.56. The third-order valence-corrected chi connectivity index (χ3v) is 4.17. The summed E-state index contributed by atoms with van der Waals surface area (Å²) in [5.41, 5.74) is 4.85. The Morgan fingerprint density at radius 2 is 1.67 bits per heavy atom. The predicted molar refractivity (Wildman–Crippen MR) is 98.3 cm³/mol. The molecule has 0 atom stereocenters. The van der Waals surface area contributed by atoms with Crippen molar-refractivity contribution >= 4 is 16.9 Å². The first-order valence-corrected chi connectivity index (χ1v) is 8.34. The number of aromatic nitrogens is 1. The van der Waals surface area contributed by atoms with E-state index in [4.69, 9.17) is 0 Å². The van der Waals surface area contributed by atoms with Crippen molar-refractivity contribution in [2.45, 2.75) is 19.8 Å². The van der Waals surface area contributed by atoms with Gasteiger partial charge in [-0.05, 0) is 37.0 Å². The number of benzene rings is 2. The molecule has 24 heavy (non-hydrogen) atoms. The number of nitrogens with one attached hydrogen (secondary N) is 3. The van der Waals surface area contributed by atoms with Gasteiger partial charge in [0.05, 0.1) is 0 Å². The molecule has 3 aromatic rings. The molecule has 0 aliphatic heterocycles. The molecule has 1 aromatic heterocycles. The molecule has 0 saturated carbocycles. The van der Waals surface area contributed by atoms with Crippen LogP contribution in [0.5, 0.6) is 0 Å². The fourth-order valence-electron chi connectivity index (χ4n) is 2.79. The van der Waals surface area contributed by atoms with E-state index in [1.54, 1.807) is 0 Å². The summed E-state index contributed by atoms with van der Waals surface area (Å²) in [5.74, 6) is 0. The van der Waals surface area contributed by atoms with Crippen LogP contribution in [0.1, 0.15) is 16.7 Å². The molecule has 0 bridgehead atoms. The number of aryl methyl sites for hydroxylation is 1. The van der Waals surface area contributed by atoms with Crippen LogP contribution < -0.4 is 10.6 Å². The number of aromatic amines is 1. The molecular formula is C20H23N3O. The molecular weight excluding hydrogens is 298 g/mol. The van der Waals surface area contributed by atoms with Crippen LogP contribution in [0.3, 0.4) is 0 Å². The quantitative estimate of drug-likeness (QED) is 0.639. The number of carbonyl (C=O) groups excluding carboxylic acids is 1. The minimum atomic E-state index is -0.109. The van der Waals surface area contributed by atoms with Crippen molar-refractivity contribution in [1.82, 2.24) is 15.6 Å². The van der Waals surface area contributed by atoms with E-state index in [0.29, 0.717) is 13.1 Å². The molecule has 2 aromatic carbocycles. The number of fused-ring (bicyclic) bond motifs is 1.